The summed E-state index contributed by atoms with van der Waals surface area (Å²) in [6, 6.07) is 20.2. The van der Waals surface area contributed by atoms with Gasteiger partial charge in [-0.15, -0.1) is 0 Å². The molecule has 0 atom stereocenters. The van der Waals surface area contributed by atoms with Crippen LogP contribution in [0.1, 0.15) is 99.5 Å². The van der Waals surface area contributed by atoms with E-state index in [9.17, 15) is 9.59 Å². The van der Waals surface area contributed by atoms with Crippen molar-refractivity contribution in [2.75, 3.05) is 18.5 Å². The quantitative estimate of drug-likeness (QED) is 0.246. The SMILES string of the molecule is CCN(C)c1ccc(N=C2C=C(C(=O)NCc3ccc(C(C)(C)CC)cc3C(C)(C)CC)C(=O)c3ccccc32)c(C)c1. The third-order valence-corrected chi connectivity index (χ3v) is 9.38. The minimum Gasteiger partial charge on any atom is -0.375 e. The summed E-state index contributed by atoms with van der Waals surface area (Å²) in [4.78, 5) is 34.3. The molecule has 1 amide bonds. The number of aliphatic imine (C=N–C) groups is 1. The van der Waals surface area contributed by atoms with Crippen molar-refractivity contribution in [2.24, 2.45) is 4.99 Å². The number of aryl methyl sites for hydroxylation is 1. The van der Waals surface area contributed by atoms with Crippen LogP contribution in [-0.2, 0) is 22.2 Å². The summed E-state index contributed by atoms with van der Waals surface area (Å²) in [6.07, 6.45) is 3.66. The van der Waals surface area contributed by atoms with Crippen LogP contribution in [0.4, 0.5) is 11.4 Å². The lowest BCUT2D eigenvalue weighted by Crippen LogP contribution is -2.32. The molecule has 43 heavy (non-hydrogen) atoms. The van der Waals surface area contributed by atoms with Crippen LogP contribution < -0.4 is 10.2 Å². The van der Waals surface area contributed by atoms with Crippen molar-refractivity contribution in [1.29, 1.82) is 0 Å². The van der Waals surface area contributed by atoms with Crippen molar-refractivity contribution in [3.63, 3.8) is 0 Å². The summed E-state index contributed by atoms with van der Waals surface area (Å²) in [7, 11) is 2.06. The zero-order valence-electron chi connectivity index (χ0n) is 27.4. The van der Waals surface area contributed by atoms with Gasteiger partial charge in [-0.2, -0.15) is 0 Å². The molecule has 0 unspecified atom stereocenters. The van der Waals surface area contributed by atoms with E-state index in [1.54, 1.807) is 12.1 Å². The Bertz CT molecular complexity index is 1590. The monoisotopic (exact) mass is 577 g/mol. The first-order valence-electron chi connectivity index (χ1n) is 15.5. The second-order valence-electron chi connectivity index (χ2n) is 12.9. The summed E-state index contributed by atoms with van der Waals surface area (Å²) in [5, 5.41) is 3.07. The summed E-state index contributed by atoms with van der Waals surface area (Å²) in [5.41, 5.74) is 8.52. The number of carbonyl (C=O) groups excluding carboxylic acids is 2. The molecule has 4 rings (SSSR count). The third-order valence-electron chi connectivity index (χ3n) is 9.38. The van der Waals surface area contributed by atoms with Crippen LogP contribution >= 0.6 is 0 Å². The normalized spacial score (nSPS) is 14.4. The first-order chi connectivity index (χ1) is 20.3. The molecule has 0 spiro atoms. The highest BCUT2D eigenvalue weighted by molar-refractivity contribution is 6.35. The van der Waals surface area contributed by atoms with Crippen molar-refractivity contribution < 1.29 is 9.59 Å². The molecule has 1 aliphatic carbocycles. The molecule has 0 radical (unpaired) electrons. The molecule has 0 saturated carbocycles. The minimum absolute atomic E-state index is 0.0576. The van der Waals surface area contributed by atoms with Crippen LogP contribution in [0.5, 0.6) is 0 Å². The van der Waals surface area contributed by atoms with E-state index in [0.29, 0.717) is 17.8 Å². The summed E-state index contributed by atoms with van der Waals surface area (Å²) < 4.78 is 0. The molecule has 0 aliphatic heterocycles. The number of anilines is 1. The van der Waals surface area contributed by atoms with E-state index < -0.39 is 0 Å². The second kappa shape index (κ2) is 12.7. The predicted molar refractivity (Wildman–Crippen MR) is 180 cm³/mol. The molecule has 0 bridgehead atoms. The molecule has 0 saturated heterocycles. The van der Waals surface area contributed by atoms with Gasteiger partial charge in [0.25, 0.3) is 5.91 Å². The first kappa shape index (κ1) is 31.9. The van der Waals surface area contributed by atoms with Crippen LogP contribution in [0.3, 0.4) is 0 Å². The number of nitrogens with zero attached hydrogens (tertiary/aromatic N) is 2. The van der Waals surface area contributed by atoms with Gasteiger partial charge in [-0.25, -0.2) is 4.99 Å². The number of nitrogens with one attached hydrogen (secondary N) is 1. The Balaban J connectivity index is 1.68. The van der Waals surface area contributed by atoms with Crippen LogP contribution in [0.15, 0.2) is 77.3 Å². The molecular weight excluding hydrogens is 530 g/mol. The maximum absolute atomic E-state index is 13.7. The highest BCUT2D eigenvalue weighted by atomic mass is 16.2. The number of fused-ring (bicyclic) bond motifs is 1. The standard InChI is InChI=1S/C38H47N3O2/c1-10-37(5,6)27-18-17-26(32(22-27)38(7,8)11-2)24-39-36(43)31-23-34(29-15-13-14-16-30(29)35(31)42)40-33-20-19-28(21-25(33)4)41(9)12-3/h13-23H,10-12,24H2,1-9H3,(H,39,43). The van der Waals surface area contributed by atoms with Crippen LogP contribution in [0.2, 0.25) is 0 Å². The average molecular weight is 578 g/mol. The van der Waals surface area contributed by atoms with Crippen molar-refractivity contribution in [1.82, 2.24) is 5.32 Å². The van der Waals surface area contributed by atoms with Gasteiger partial charge in [0.1, 0.15) is 0 Å². The van der Waals surface area contributed by atoms with Gasteiger partial charge in [-0.05, 0) is 84.0 Å². The molecule has 1 N–H and O–H groups in total. The van der Waals surface area contributed by atoms with E-state index in [1.807, 2.05) is 31.2 Å². The highest BCUT2D eigenvalue weighted by Crippen LogP contribution is 2.35. The third kappa shape index (κ3) is 6.66. The molecule has 3 aromatic rings. The maximum atomic E-state index is 13.7. The zero-order valence-corrected chi connectivity index (χ0v) is 27.4. The van der Waals surface area contributed by atoms with Crippen LogP contribution in [-0.4, -0.2) is 31.0 Å². The molecular formula is C38H47N3O2. The Morgan fingerprint density at radius 3 is 2.19 bits per heavy atom. The Labute approximate surface area is 258 Å². The van der Waals surface area contributed by atoms with Gasteiger partial charge in [-0.3, -0.25) is 9.59 Å². The number of allylic oxidation sites excluding steroid dienone is 1. The fraction of sp³-hybridized carbons (Fsp3) is 0.395. The smallest absolute Gasteiger partial charge is 0.255 e. The topological polar surface area (TPSA) is 61.8 Å². The summed E-state index contributed by atoms with van der Waals surface area (Å²) in [6.45, 7) is 18.8. The van der Waals surface area contributed by atoms with Gasteiger partial charge in [0.15, 0.2) is 5.78 Å². The fourth-order valence-corrected chi connectivity index (χ4v) is 5.35. The lowest BCUT2D eigenvalue weighted by atomic mass is 9.75. The molecule has 226 valence electrons. The Kier molecular flexibility index (Phi) is 9.44. The molecule has 5 heteroatoms. The highest BCUT2D eigenvalue weighted by Gasteiger charge is 2.30. The molecule has 0 fully saturated rings. The lowest BCUT2D eigenvalue weighted by Gasteiger charge is -2.31. The van der Waals surface area contributed by atoms with Gasteiger partial charge in [0, 0.05) is 37.0 Å². The van der Waals surface area contributed by atoms with Crippen LogP contribution in [0, 0.1) is 6.92 Å². The molecule has 0 aromatic heterocycles. The fourth-order valence-electron chi connectivity index (χ4n) is 5.35. The van der Waals surface area contributed by atoms with Gasteiger partial charge < -0.3 is 10.2 Å². The number of carbonyl (C=O) groups is 2. The molecule has 5 nitrogen and oxygen atoms in total. The predicted octanol–water partition coefficient (Wildman–Crippen LogP) is 8.39. The minimum atomic E-state index is -0.387. The summed E-state index contributed by atoms with van der Waals surface area (Å²) in [5.74, 6) is -0.667. The van der Waals surface area contributed by atoms with Crippen molar-refractivity contribution in [2.45, 2.75) is 85.6 Å². The number of hydrogen-bond acceptors (Lipinski definition) is 4. The van der Waals surface area contributed by atoms with Crippen molar-refractivity contribution >= 4 is 28.8 Å². The Morgan fingerprint density at radius 2 is 1.56 bits per heavy atom. The van der Waals surface area contributed by atoms with Crippen molar-refractivity contribution in [3.8, 4) is 0 Å². The van der Waals surface area contributed by atoms with Crippen LogP contribution in [0.25, 0.3) is 0 Å². The number of amides is 1. The second-order valence-corrected chi connectivity index (χ2v) is 12.9. The lowest BCUT2D eigenvalue weighted by molar-refractivity contribution is -0.117. The maximum Gasteiger partial charge on any atom is 0.255 e. The van der Waals surface area contributed by atoms with Gasteiger partial charge in [0.05, 0.1) is 17.0 Å². The van der Waals surface area contributed by atoms with E-state index in [4.69, 9.17) is 4.99 Å². The largest absolute Gasteiger partial charge is 0.375 e. The number of benzene rings is 3. The number of rotatable bonds is 10. The van der Waals surface area contributed by atoms with E-state index in [0.717, 1.165) is 47.5 Å². The van der Waals surface area contributed by atoms with Gasteiger partial charge >= 0.3 is 0 Å². The molecule has 3 aromatic carbocycles. The van der Waals surface area contributed by atoms with E-state index >= 15 is 0 Å². The van der Waals surface area contributed by atoms with Crippen molar-refractivity contribution in [3.05, 3.63) is 106 Å². The number of ketones is 1. The first-order valence-corrected chi connectivity index (χ1v) is 15.5. The Hall–Kier alpha value is -3.99. The van der Waals surface area contributed by atoms with E-state index in [1.165, 1.54) is 11.1 Å². The molecule has 0 heterocycles. The zero-order chi connectivity index (χ0) is 31.5. The summed E-state index contributed by atoms with van der Waals surface area (Å²) >= 11 is 0. The van der Waals surface area contributed by atoms with E-state index in [-0.39, 0.29) is 28.1 Å². The van der Waals surface area contributed by atoms with E-state index in [2.05, 4.69) is 96.1 Å². The Morgan fingerprint density at radius 1 is 0.884 bits per heavy atom. The number of hydrogen-bond donors (Lipinski definition) is 1. The number of Topliss-reactive ketones (excluding diaryl/α,β-unsaturated/α-hetero) is 1. The van der Waals surface area contributed by atoms with Gasteiger partial charge in [0.2, 0.25) is 0 Å². The average Bonchev–Trinajstić information content (AvgIpc) is 3.01. The molecule has 1 aliphatic rings. The van der Waals surface area contributed by atoms with Gasteiger partial charge in [-0.1, -0.05) is 84.0 Å².